The van der Waals surface area contributed by atoms with E-state index in [0.717, 1.165) is 16.0 Å². The Kier molecular flexibility index (Phi) is 5.96. The van der Waals surface area contributed by atoms with Gasteiger partial charge in [-0.05, 0) is 70.7 Å². The van der Waals surface area contributed by atoms with Crippen molar-refractivity contribution >= 4 is 52.4 Å². The highest BCUT2D eigenvalue weighted by molar-refractivity contribution is 7.71. The molecular formula is C20H17ClN4OS3. The second-order valence-electron chi connectivity index (χ2n) is 6.43. The van der Waals surface area contributed by atoms with Crippen molar-refractivity contribution in [3.8, 4) is 10.7 Å². The van der Waals surface area contributed by atoms with E-state index in [9.17, 15) is 4.79 Å². The summed E-state index contributed by atoms with van der Waals surface area (Å²) >= 11 is 14.6. The van der Waals surface area contributed by atoms with Gasteiger partial charge in [0.2, 0.25) is 5.91 Å². The van der Waals surface area contributed by atoms with Gasteiger partial charge in [-0.3, -0.25) is 14.5 Å². The van der Waals surface area contributed by atoms with Gasteiger partial charge in [-0.15, -0.1) is 11.3 Å². The molecule has 29 heavy (non-hydrogen) atoms. The third kappa shape index (κ3) is 4.20. The van der Waals surface area contributed by atoms with Crippen molar-refractivity contribution in [3.05, 3.63) is 79.5 Å². The zero-order valence-corrected chi connectivity index (χ0v) is 18.5. The highest BCUT2D eigenvalue weighted by Gasteiger charge is 2.25. The second kappa shape index (κ2) is 8.62. The Morgan fingerprint density at radius 3 is 2.66 bits per heavy atom. The van der Waals surface area contributed by atoms with Crippen LogP contribution in [0.25, 0.3) is 10.7 Å². The lowest BCUT2D eigenvalue weighted by atomic mass is 10.0. The Morgan fingerprint density at radius 2 is 2.00 bits per heavy atom. The SMILES string of the molecule is CC(C(=O)NC(c1ccc(Cl)cc1)c1ccsc1)n1c(-c2cccs2)n[nH]c1=S. The minimum Gasteiger partial charge on any atom is -0.343 e. The van der Waals surface area contributed by atoms with Gasteiger partial charge in [0.15, 0.2) is 10.6 Å². The Labute approximate surface area is 186 Å². The fraction of sp³-hybridized carbons (Fsp3) is 0.150. The average Bonchev–Trinajstić information content (AvgIpc) is 3.47. The summed E-state index contributed by atoms with van der Waals surface area (Å²) in [6, 6.07) is 12.6. The van der Waals surface area contributed by atoms with Crippen LogP contribution in [0.4, 0.5) is 0 Å². The van der Waals surface area contributed by atoms with E-state index in [1.165, 1.54) is 0 Å². The predicted molar refractivity (Wildman–Crippen MR) is 121 cm³/mol. The summed E-state index contributed by atoms with van der Waals surface area (Å²) < 4.78 is 2.16. The largest absolute Gasteiger partial charge is 0.343 e. The number of hydrogen-bond donors (Lipinski definition) is 2. The van der Waals surface area contributed by atoms with Crippen molar-refractivity contribution in [3.63, 3.8) is 0 Å². The third-order valence-electron chi connectivity index (χ3n) is 4.58. The van der Waals surface area contributed by atoms with Gasteiger partial charge >= 0.3 is 0 Å². The molecule has 2 unspecified atom stereocenters. The summed E-state index contributed by atoms with van der Waals surface area (Å²) in [5, 5.41) is 16.9. The molecule has 9 heteroatoms. The molecule has 4 aromatic rings. The van der Waals surface area contributed by atoms with E-state index in [0.29, 0.717) is 15.6 Å². The molecule has 2 N–H and O–H groups in total. The minimum absolute atomic E-state index is 0.147. The number of nitrogens with zero attached hydrogens (tertiary/aromatic N) is 2. The number of hydrogen-bond acceptors (Lipinski definition) is 5. The fourth-order valence-corrected chi connectivity index (χ4v) is 4.89. The maximum absolute atomic E-state index is 13.2. The highest BCUT2D eigenvalue weighted by atomic mass is 35.5. The first-order valence-corrected chi connectivity index (χ1v) is 11.4. The molecule has 3 aromatic heterocycles. The number of carbonyl (C=O) groups excluding carboxylic acids is 1. The van der Waals surface area contributed by atoms with Crippen LogP contribution in [-0.4, -0.2) is 20.7 Å². The lowest BCUT2D eigenvalue weighted by Crippen LogP contribution is -2.34. The molecular weight excluding hydrogens is 444 g/mol. The number of nitrogens with one attached hydrogen (secondary N) is 2. The lowest BCUT2D eigenvalue weighted by Gasteiger charge is -2.22. The summed E-state index contributed by atoms with van der Waals surface area (Å²) in [7, 11) is 0. The normalized spacial score (nSPS) is 13.2. The van der Waals surface area contributed by atoms with Crippen LogP contribution < -0.4 is 5.32 Å². The number of thiophene rings is 2. The van der Waals surface area contributed by atoms with Crippen molar-refractivity contribution in [2.75, 3.05) is 0 Å². The summed E-state index contributed by atoms with van der Waals surface area (Å²) in [5.74, 6) is 0.512. The Balaban J connectivity index is 1.64. The quantitative estimate of drug-likeness (QED) is 0.355. The van der Waals surface area contributed by atoms with Crippen molar-refractivity contribution in [1.29, 1.82) is 0 Å². The lowest BCUT2D eigenvalue weighted by molar-refractivity contribution is -0.124. The molecule has 0 aliphatic rings. The molecule has 5 nitrogen and oxygen atoms in total. The number of aromatic nitrogens is 3. The molecule has 1 amide bonds. The van der Waals surface area contributed by atoms with Crippen LogP contribution in [0.1, 0.15) is 30.1 Å². The number of benzene rings is 1. The average molecular weight is 461 g/mol. The summed E-state index contributed by atoms with van der Waals surface area (Å²) in [5.41, 5.74) is 1.98. The number of aromatic amines is 1. The molecule has 148 valence electrons. The van der Waals surface area contributed by atoms with Gasteiger partial charge in [0.05, 0.1) is 10.9 Å². The number of amides is 1. The van der Waals surface area contributed by atoms with Gasteiger partial charge in [0, 0.05) is 5.02 Å². The van der Waals surface area contributed by atoms with Crippen LogP contribution in [0.3, 0.4) is 0 Å². The van der Waals surface area contributed by atoms with E-state index < -0.39 is 6.04 Å². The number of halogens is 1. The highest BCUT2D eigenvalue weighted by Crippen LogP contribution is 2.28. The standard InChI is InChI=1S/C20H17ClN4OS3/c1-12(25-18(23-24-20(25)27)16-3-2-9-29-16)19(26)22-17(14-8-10-28-11-14)13-4-6-15(21)7-5-13/h2-12,17H,1H3,(H,22,26)(H,24,27). The van der Waals surface area contributed by atoms with E-state index in [-0.39, 0.29) is 11.9 Å². The van der Waals surface area contributed by atoms with Gasteiger partial charge in [-0.25, -0.2) is 0 Å². The molecule has 0 aliphatic heterocycles. The van der Waals surface area contributed by atoms with Crippen LogP contribution in [0, 0.1) is 4.77 Å². The molecule has 0 saturated carbocycles. The smallest absolute Gasteiger partial charge is 0.243 e. The fourth-order valence-electron chi connectivity index (χ4n) is 3.08. The zero-order chi connectivity index (χ0) is 20.4. The second-order valence-corrected chi connectivity index (χ2v) is 8.98. The first kappa shape index (κ1) is 20.0. The molecule has 0 radical (unpaired) electrons. The van der Waals surface area contributed by atoms with Crippen LogP contribution in [0.15, 0.2) is 58.6 Å². The molecule has 3 heterocycles. The number of rotatable bonds is 6. The number of H-pyrrole nitrogens is 1. The van der Waals surface area contributed by atoms with Gasteiger partial charge in [0.25, 0.3) is 0 Å². The van der Waals surface area contributed by atoms with E-state index in [1.54, 1.807) is 27.2 Å². The van der Waals surface area contributed by atoms with Crippen molar-refractivity contribution < 1.29 is 4.79 Å². The molecule has 0 bridgehead atoms. The van der Waals surface area contributed by atoms with E-state index >= 15 is 0 Å². The molecule has 0 aliphatic carbocycles. The van der Waals surface area contributed by atoms with Crippen LogP contribution in [0.2, 0.25) is 5.02 Å². The first-order valence-electron chi connectivity index (χ1n) is 8.83. The van der Waals surface area contributed by atoms with E-state index in [4.69, 9.17) is 23.8 Å². The topological polar surface area (TPSA) is 62.7 Å². The summed E-state index contributed by atoms with van der Waals surface area (Å²) in [6.45, 7) is 1.82. The van der Waals surface area contributed by atoms with Gasteiger partial charge < -0.3 is 5.32 Å². The van der Waals surface area contributed by atoms with Gasteiger partial charge in [0.1, 0.15) is 6.04 Å². The van der Waals surface area contributed by atoms with Gasteiger partial charge in [-0.1, -0.05) is 29.8 Å². The zero-order valence-electron chi connectivity index (χ0n) is 15.3. The molecule has 2 atom stereocenters. The Morgan fingerprint density at radius 1 is 1.21 bits per heavy atom. The number of carbonyl (C=O) groups is 1. The Bertz CT molecular complexity index is 1150. The van der Waals surface area contributed by atoms with Crippen LogP contribution >= 0.6 is 46.5 Å². The van der Waals surface area contributed by atoms with E-state index in [1.807, 2.05) is 65.5 Å². The van der Waals surface area contributed by atoms with Gasteiger partial charge in [-0.2, -0.15) is 16.4 Å². The summed E-state index contributed by atoms with van der Waals surface area (Å²) in [6.07, 6.45) is 0. The summed E-state index contributed by atoms with van der Waals surface area (Å²) in [4.78, 5) is 14.2. The predicted octanol–water partition coefficient (Wildman–Crippen LogP) is 5.85. The van der Waals surface area contributed by atoms with Crippen LogP contribution in [-0.2, 0) is 4.79 Å². The van der Waals surface area contributed by atoms with Crippen LogP contribution in [0.5, 0.6) is 0 Å². The molecule has 0 fully saturated rings. The monoisotopic (exact) mass is 460 g/mol. The maximum atomic E-state index is 13.2. The molecule has 0 saturated heterocycles. The first-order chi connectivity index (χ1) is 14.0. The van der Waals surface area contributed by atoms with Crippen molar-refractivity contribution in [2.24, 2.45) is 0 Å². The third-order valence-corrected chi connectivity index (χ3v) is 6.69. The molecule has 1 aromatic carbocycles. The van der Waals surface area contributed by atoms with Crippen molar-refractivity contribution in [2.45, 2.75) is 19.0 Å². The maximum Gasteiger partial charge on any atom is 0.243 e. The molecule has 0 spiro atoms. The van der Waals surface area contributed by atoms with E-state index in [2.05, 4.69) is 15.5 Å². The van der Waals surface area contributed by atoms with Crippen molar-refractivity contribution in [1.82, 2.24) is 20.1 Å². The Hall–Kier alpha value is -2.26. The molecule has 4 rings (SSSR count). The minimum atomic E-state index is -0.535.